The fourth-order valence-electron chi connectivity index (χ4n) is 3.39. The van der Waals surface area contributed by atoms with Gasteiger partial charge in [-0.25, -0.2) is 0 Å². The number of phenolic OH excluding ortho intramolecular Hbond substituents is 1. The molecule has 1 heterocycles. The first-order valence-corrected chi connectivity index (χ1v) is 7.36. The van der Waals surface area contributed by atoms with Gasteiger partial charge in [-0.15, -0.1) is 0 Å². The zero-order chi connectivity index (χ0) is 16.9. The summed E-state index contributed by atoms with van der Waals surface area (Å²) in [5.74, 6) is -0.909. The van der Waals surface area contributed by atoms with E-state index in [9.17, 15) is 14.7 Å². The van der Waals surface area contributed by atoms with Gasteiger partial charge in [0.2, 0.25) is 5.78 Å². The van der Waals surface area contributed by atoms with Crippen molar-refractivity contribution in [3.63, 3.8) is 0 Å². The van der Waals surface area contributed by atoms with Crippen LogP contribution in [0.15, 0.2) is 11.8 Å². The monoisotopic (exact) mass is 318 g/mol. The standard InChI is InChI=1S/C17H18O6/c1-7-5-9-12(8(2)23-7)16(20)13-10(18)6-11(21-3)15(19)14(13)17(9)22-4/h6-8,20H,5H2,1-4H3. The average Bonchev–Trinajstić information content (AvgIpc) is 2.49. The molecule has 6 heteroatoms. The number of rotatable bonds is 2. The van der Waals surface area contributed by atoms with Crippen molar-refractivity contribution in [1.29, 1.82) is 0 Å². The minimum absolute atomic E-state index is 0.0450. The Morgan fingerprint density at radius 1 is 1.17 bits per heavy atom. The van der Waals surface area contributed by atoms with Gasteiger partial charge >= 0.3 is 0 Å². The highest BCUT2D eigenvalue weighted by atomic mass is 16.5. The number of Topliss-reactive ketones (excluding diaryl/α,β-unsaturated/α-hetero) is 1. The van der Waals surface area contributed by atoms with Crippen LogP contribution in [0.5, 0.6) is 11.5 Å². The van der Waals surface area contributed by atoms with E-state index in [-0.39, 0.29) is 28.7 Å². The summed E-state index contributed by atoms with van der Waals surface area (Å²) in [6.07, 6.45) is 1.09. The van der Waals surface area contributed by atoms with Crippen LogP contribution in [0.2, 0.25) is 0 Å². The van der Waals surface area contributed by atoms with Crippen molar-refractivity contribution >= 4 is 11.6 Å². The number of methoxy groups -OCH3 is 2. The molecule has 122 valence electrons. The Kier molecular flexibility index (Phi) is 3.64. The summed E-state index contributed by atoms with van der Waals surface area (Å²) in [6, 6.07) is 0. The number of hydrogen-bond acceptors (Lipinski definition) is 6. The van der Waals surface area contributed by atoms with Gasteiger partial charge in [-0.3, -0.25) is 9.59 Å². The highest BCUT2D eigenvalue weighted by Crippen LogP contribution is 2.47. The van der Waals surface area contributed by atoms with Gasteiger partial charge in [0.05, 0.1) is 37.6 Å². The van der Waals surface area contributed by atoms with Crippen molar-refractivity contribution in [1.82, 2.24) is 0 Å². The van der Waals surface area contributed by atoms with E-state index in [0.717, 1.165) is 6.08 Å². The number of carbonyl (C=O) groups excluding carboxylic acids is 2. The lowest BCUT2D eigenvalue weighted by Gasteiger charge is -2.32. The molecule has 0 aromatic heterocycles. The fraction of sp³-hybridized carbons (Fsp3) is 0.412. The molecular formula is C17H18O6. The summed E-state index contributed by atoms with van der Waals surface area (Å²) < 4.78 is 16.2. The van der Waals surface area contributed by atoms with E-state index in [4.69, 9.17) is 14.2 Å². The summed E-state index contributed by atoms with van der Waals surface area (Å²) in [5.41, 5.74) is 1.23. The Hall–Kier alpha value is -2.34. The van der Waals surface area contributed by atoms with Crippen molar-refractivity contribution < 1.29 is 28.9 Å². The fourth-order valence-corrected chi connectivity index (χ4v) is 3.39. The van der Waals surface area contributed by atoms with Crippen LogP contribution in [0.25, 0.3) is 0 Å². The molecule has 1 aliphatic carbocycles. The third kappa shape index (κ3) is 2.13. The summed E-state index contributed by atoms with van der Waals surface area (Å²) in [7, 11) is 2.77. The van der Waals surface area contributed by atoms with E-state index < -0.39 is 17.7 Å². The summed E-state index contributed by atoms with van der Waals surface area (Å²) >= 11 is 0. The molecule has 0 fully saturated rings. The molecule has 6 nitrogen and oxygen atoms in total. The molecule has 1 aliphatic heterocycles. The molecule has 0 amide bonds. The smallest absolute Gasteiger partial charge is 0.232 e. The van der Waals surface area contributed by atoms with Gasteiger partial charge in [-0.1, -0.05) is 0 Å². The van der Waals surface area contributed by atoms with Crippen LogP contribution in [0.3, 0.4) is 0 Å². The average molecular weight is 318 g/mol. The molecule has 0 saturated heterocycles. The second-order valence-electron chi connectivity index (χ2n) is 5.72. The summed E-state index contributed by atoms with van der Waals surface area (Å²) in [4.78, 5) is 25.0. The highest BCUT2D eigenvalue weighted by Gasteiger charge is 2.39. The maximum Gasteiger partial charge on any atom is 0.232 e. The molecule has 1 aromatic rings. The van der Waals surface area contributed by atoms with E-state index in [0.29, 0.717) is 23.3 Å². The Morgan fingerprint density at radius 3 is 2.48 bits per heavy atom. The number of aromatic hydroxyl groups is 1. The van der Waals surface area contributed by atoms with Gasteiger partial charge in [0.25, 0.3) is 0 Å². The number of carbonyl (C=O) groups is 2. The number of ketones is 2. The highest BCUT2D eigenvalue weighted by molar-refractivity contribution is 6.26. The maximum absolute atomic E-state index is 12.6. The number of benzene rings is 1. The second kappa shape index (κ2) is 5.38. The minimum atomic E-state index is -0.485. The molecule has 1 N–H and O–H groups in total. The van der Waals surface area contributed by atoms with Crippen molar-refractivity contribution in [3.05, 3.63) is 34.1 Å². The molecule has 0 spiro atoms. The van der Waals surface area contributed by atoms with Crippen LogP contribution >= 0.6 is 0 Å². The largest absolute Gasteiger partial charge is 0.507 e. The lowest BCUT2D eigenvalue weighted by atomic mass is 9.83. The molecule has 2 aliphatic rings. The Balaban J connectivity index is 2.37. The molecule has 3 rings (SSSR count). The van der Waals surface area contributed by atoms with Gasteiger partial charge in [0, 0.05) is 23.6 Å². The molecule has 23 heavy (non-hydrogen) atoms. The number of ether oxygens (including phenoxy) is 3. The van der Waals surface area contributed by atoms with Crippen LogP contribution < -0.4 is 4.74 Å². The Bertz CT molecular complexity index is 746. The summed E-state index contributed by atoms with van der Waals surface area (Å²) in [6.45, 7) is 3.70. The lowest BCUT2D eigenvalue weighted by Crippen LogP contribution is -2.27. The third-order valence-corrected chi connectivity index (χ3v) is 4.29. The summed E-state index contributed by atoms with van der Waals surface area (Å²) in [5, 5.41) is 10.6. The minimum Gasteiger partial charge on any atom is -0.507 e. The van der Waals surface area contributed by atoms with Crippen molar-refractivity contribution in [2.24, 2.45) is 0 Å². The normalized spacial score (nSPS) is 23.0. The zero-order valence-corrected chi connectivity index (χ0v) is 13.4. The topological polar surface area (TPSA) is 82.1 Å². The van der Waals surface area contributed by atoms with Crippen LogP contribution in [0, 0.1) is 0 Å². The molecule has 0 radical (unpaired) electrons. The molecule has 1 aromatic carbocycles. The van der Waals surface area contributed by atoms with E-state index in [2.05, 4.69) is 0 Å². The van der Waals surface area contributed by atoms with Gasteiger partial charge in [0.15, 0.2) is 11.5 Å². The van der Waals surface area contributed by atoms with Crippen molar-refractivity contribution in [2.75, 3.05) is 14.2 Å². The predicted octanol–water partition coefficient (Wildman–Crippen LogP) is 2.33. The van der Waals surface area contributed by atoms with E-state index in [1.54, 1.807) is 6.92 Å². The molecule has 2 atom stereocenters. The third-order valence-electron chi connectivity index (χ3n) is 4.29. The number of fused-ring (bicyclic) bond motifs is 2. The maximum atomic E-state index is 12.6. The zero-order valence-electron chi connectivity index (χ0n) is 13.4. The Labute approximate surface area is 133 Å². The SMILES string of the molecule is COC1=CC(=O)c2c(O)c3c(c(OC)c2C1=O)CC(C)OC3C. The van der Waals surface area contributed by atoms with Crippen LogP contribution in [0.4, 0.5) is 0 Å². The first kappa shape index (κ1) is 15.6. The van der Waals surface area contributed by atoms with Crippen LogP contribution in [0.1, 0.15) is 51.8 Å². The molecule has 2 unspecified atom stereocenters. The van der Waals surface area contributed by atoms with Crippen molar-refractivity contribution in [3.8, 4) is 11.5 Å². The van der Waals surface area contributed by atoms with Crippen molar-refractivity contribution in [2.45, 2.75) is 32.5 Å². The second-order valence-corrected chi connectivity index (χ2v) is 5.72. The quantitative estimate of drug-likeness (QED) is 0.901. The Morgan fingerprint density at radius 2 is 1.87 bits per heavy atom. The predicted molar refractivity (Wildman–Crippen MR) is 81.1 cm³/mol. The number of allylic oxidation sites excluding steroid dienone is 2. The van der Waals surface area contributed by atoms with E-state index in [1.807, 2.05) is 6.92 Å². The van der Waals surface area contributed by atoms with E-state index >= 15 is 0 Å². The van der Waals surface area contributed by atoms with Crippen LogP contribution in [-0.2, 0) is 15.9 Å². The molecular weight excluding hydrogens is 300 g/mol. The molecule has 0 bridgehead atoms. The van der Waals surface area contributed by atoms with Gasteiger partial charge in [-0.2, -0.15) is 0 Å². The van der Waals surface area contributed by atoms with Crippen LogP contribution in [-0.4, -0.2) is 37.0 Å². The number of hydrogen-bond donors (Lipinski definition) is 1. The first-order valence-electron chi connectivity index (χ1n) is 7.36. The van der Waals surface area contributed by atoms with Gasteiger partial charge in [-0.05, 0) is 13.8 Å². The van der Waals surface area contributed by atoms with Gasteiger partial charge in [0.1, 0.15) is 11.5 Å². The first-order chi connectivity index (χ1) is 10.9. The van der Waals surface area contributed by atoms with Gasteiger partial charge < -0.3 is 19.3 Å². The molecule has 0 saturated carbocycles. The lowest BCUT2D eigenvalue weighted by molar-refractivity contribution is -0.00676. The van der Waals surface area contributed by atoms with E-state index in [1.165, 1.54) is 14.2 Å². The number of phenols is 1.